The second-order valence-corrected chi connectivity index (χ2v) is 7.19. The Kier molecular flexibility index (Phi) is 2.82. The molecule has 0 aliphatic heterocycles. The van der Waals surface area contributed by atoms with Crippen LogP contribution in [0.3, 0.4) is 0 Å². The maximum Gasteiger partial charge on any atom is 0.205 e. The summed E-state index contributed by atoms with van der Waals surface area (Å²) in [5, 5.41) is 0.984. The highest BCUT2D eigenvalue weighted by atomic mass is 79.9. The molecule has 0 saturated carbocycles. The van der Waals surface area contributed by atoms with Gasteiger partial charge in [-0.3, -0.25) is 4.79 Å². The van der Waals surface area contributed by atoms with E-state index in [0.29, 0.717) is 0 Å². The van der Waals surface area contributed by atoms with Crippen molar-refractivity contribution in [1.82, 2.24) is 4.98 Å². The van der Waals surface area contributed by atoms with Crippen LogP contribution < -0.4 is 0 Å². The van der Waals surface area contributed by atoms with Crippen molar-refractivity contribution >= 4 is 44.0 Å². The summed E-state index contributed by atoms with van der Waals surface area (Å²) in [6.45, 7) is 0. The average Bonchev–Trinajstić information content (AvgIpc) is 3.10. The number of hydrogen-bond acceptors (Lipinski definition) is 2. The van der Waals surface area contributed by atoms with E-state index in [9.17, 15) is 4.79 Å². The number of carbonyl (C=O) groups excluding carboxylic acids is 1. The van der Waals surface area contributed by atoms with Crippen molar-refractivity contribution in [2.45, 2.75) is 19.3 Å². The number of aromatic amines is 1. The van der Waals surface area contributed by atoms with E-state index in [1.165, 1.54) is 16.9 Å². The molecule has 0 spiro atoms. The number of nitrogens with one attached hydrogen (secondary N) is 1. The highest BCUT2D eigenvalue weighted by Gasteiger charge is 2.21. The van der Waals surface area contributed by atoms with Crippen LogP contribution in [0.1, 0.15) is 32.1 Å². The maximum atomic E-state index is 12.7. The van der Waals surface area contributed by atoms with E-state index in [-0.39, 0.29) is 5.78 Å². The molecular formula is C16H12BrNOS. The van der Waals surface area contributed by atoms with Gasteiger partial charge in [0.25, 0.3) is 0 Å². The van der Waals surface area contributed by atoms with E-state index in [0.717, 1.165) is 38.7 Å². The molecule has 2 aromatic heterocycles. The van der Waals surface area contributed by atoms with Crippen molar-refractivity contribution in [3.8, 4) is 0 Å². The summed E-state index contributed by atoms with van der Waals surface area (Å²) in [5.41, 5.74) is 3.14. The second kappa shape index (κ2) is 4.57. The van der Waals surface area contributed by atoms with Gasteiger partial charge in [0.1, 0.15) is 0 Å². The number of halogens is 1. The van der Waals surface area contributed by atoms with Crippen molar-refractivity contribution in [2.75, 3.05) is 0 Å². The van der Waals surface area contributed by atoms with Gasteiger partial charge in [-0.25, -0.2) is 0 Å². The fourth-order valence-corrected chi connectivity index (χ4v) is 4.42. The van der Waals surface area contributed by atoms with Gasteiger partial charge in [0, 0.05) is 32.0 Å². The van der Waals surface area contributed by atoms with Gasteiger partial charge in [-0.1, -0.05) is 15.9 Å². The van der Waals surface area contributed by atoms with Crippen LogP contribution >= 0.6 is 27.3 Å². The van der Waals surface area contributed by atoms with Crippen LogP contribution in [0, 0.1) is 0 Å². The quantitative estimate of drug-likeness (QED) is 0.670. The Hall–Kier alpha value is -1.39. The Morgan fingerprint density at radius 1 is 1.25 bits per heavy atom. The summed E-state index contributed by atoms with van der Waals surface area (Å²) in [6, 6.07) is 8.06. The molecule has 2 nitrogen and oxygen atoms in total. The molecular weight excluding hydrogens is 334 g/mol. The van der Waals surface area contributed by atoms with Crippen molar-refractivity contribution in [1.29, 1.82) is 0 Å². The van der Waals surface area contributed by atoms with Crippen LogP contribution in [-0.2, 0) is 12.8 Å². The highest BCUT2D eigenvalue weighted by molar-refractivity contribution is 9.10. The van der Waals surface area contributed by atoms with Crippen LogP contribution in [0.5, 0.6) is 0 Å². The lowest BCUT2D eigenvalue weighted by atomic mass is 10.1. The molecule has 1 aromatic carbocycles. The molecule has 20 heavy (non-hydrogen) atoms. The summed E-state index contributed by atoms with van der Waals surface area (Å²) in [5.74, 6) is 0.133. The van der Waals surface area contributed by atoms with E-state index in [4.69, 9.17) is 0 Å². The molecule has 1 N–H and O–H groups in total. The van der Waals surface area contributed by atoms with Gasteiger partial charge in [-0.15, -0.1) is 11.3 Å². The van der Waals surface area contributed by atoms with Crippen LogP contribution in [-0.4, -0.2) is 10.8 Å². The normalized spacial score (nSPS) is 13.8. The molecule has 0 atom stereocenters. The SMILES string of the molecule is O=C(c1cc2c(s1)CCC2)c1c[nH]c2ccc(Br)cc12. The molecule has 4 rings (SSSR count). The summed E-state index contributed by atoms with van der Waals surface area (Å²) in [4.78, 5) is 18.2. The molecule has 1 aliphatic rings. The van der Waals surface area contributed by atoms with Gasteiger partial charge < -0.3 is 4.98 Å². The number of rotatable bonds is 2. The molecule has 100 valence electrons. The lowest BCUT2D eigenvalue weighted by Crippen LogP contribution is -1.97. The van der Waals surface area contributed by atoms with Crippen LogP contribution in [0.15, 0.2) is 34.9 Å². The molecule has 0 bridgehead atoms. The van der Waals surface area contributed by atoms with Gasteiger partial charge in [0.15, 0.2) is 0 Å². The zero-order valence-corrected chi connectivity index (χ0v) is 13.1. The second-order valence-electron chi connectivity index (χ2n) is 5.13. The monoisotopic (exact) mass is 345 g/mol. The number of hydrogen-bond donors (Lipinski definition) is 1. The lowest BCUT2D eigenvalue weighted by molar-refractivity contribution is 0.104. The Morgan fingerprint density at radius 3 is 3.00 bits per heavy atom. The summed E-state index contributed by atoms with van der Waals surface area (Å²) < 4.78 is 0.993. The average molecular weight is 346 g/mol. The molecule has 0 unspecified atom stereocenters. The number of carbonyl (C=O) groups is 1. The third kappa shape index (κ3) is 1.86. The third-order valence-electron chi connectivity index (χ3n) is 3.86. The number of aryl methyl sites for hydroxylation is 2. The first-order valence-corrected chi connectivity index (χ1v) is 8.26. The fraction of sp³-hybridized carbons (Fsp3) is 0.188. The molecule has 0 fully saturated rings. The maximum absolute atomic E-state index is 12.7. The van der Waals surface area contributed by atoms with Crippen molar-refractivity contribution in [3.63, 3.8) is 0 Å². The van der Waals surface area contributed by atoms with Crippen molar-refractivity contribution in [2.24, 2.45) is 0 Å². The summed E-state index contributed by atoms with van der Waals surface area (Å²) in [6.07, 6.45) is 5.31. The van der Waals surface area contributed by atoms with Crippen LogP contribution in [0.4, 0.5) is 0 Å². The molecule has 4 heteroatoms. The van der Waals surface area contributed by atoms with Crippen molar-refractivity contribution < 1.29 is 4.79 Å². The fourth-order valence-electron chi connectivity index (χ4n) is 2.85. The number of ketones is 1. The minimum atomic E-state index is 0.133. The Bertz CT molecular complexity index is 809. The van der Waals surface area contributed by atoms with Gasteiger partial charge >= 0.3 is 0 Å². The van der Waals surface area contributed by atoms with Crippen LogP contribution in [0.25, 0.3) is 10.9 Å². The molecule has 1 aliphatic carbocycles. The Labute approximate surface area is 129 Å². The molecule has 2 heterocycles. The van der Waals surface area contributed by atoms with Gasteiger partial charge in [0.2, 0.25) is 5.78 Å². The Morgan fingerprint density at radius 2 is 2.15 bits per heavy atom. The van der Waals surface area contributed by atoms with E-state index < -0.39 is 0 Å². The first kappa shape index (κ1) is 12.4. The topological polar surface area (TPSA) is 32.9 Å². The first-order chi connectivity index (χ1) is 9.72. The van der Waals surface area contributed by atoms with E-state index in [2.05, 4.69) is 27.0 Å². The predicted octanol–water partition coefficient (Wildman–Crippen LogP) is 4.71. The van der Waals surface area contributed by atoms with E-state index >= 15 is 0 Å². The summed E-state index contributed by atoms with van der Waals surface area (Å²) >= 11 is 5.14. The van der Waals surface area contributed by atoms with Gasteiger partial charge in [-0.2, -0.15) is 0 Å². The summed E-state index contributed by atoms with van der Waals surface area (Å²) in [7, 11) is 0. The highest BCUT2D eigenvalue weighted by Crippen LogP contribution is 2.33. The standard InChI is InChI=1S/C16H12BrNOS/c17-10-4-5-13-11(7-10)12(8-18-13)16(19)15-6-9-2-1-3-14(9)20-15/h4-8,18H,1-3H2. The zero-order chi connectivity index (χ0) is 13.7. The number of thiophene rings is 1. The predicted molar refractivity (Wildman–Crippen MR) is 85.8 cm³/mol. The molecule has 3 aromatic rings. The van der Waals surface area contributed by atoms with Gasteiger partial charge in [-0.05, 0) is 49.1 Å². The van der Waals surface area contributed by atoms with Gasteiger partial charge in [0.05, 0.1) is 4.88 Å². The number of benzene rings is 1. The Balaban J connectivity index is 1.81. The minimum Gasteiger partial charge on any atom is -0.360 e. The van der Waals surface area contributed by atoms with Crippen molar-refractivity contribution in [3.05, 3.63) is 55.8 Å². The minimum absolute atomic E-state index is 0.133. The molecule has 0 amide bonds. The number of fused-ring (bicyclic) bond motifs is 2. The third-order valence-corrected chi connectivity index (χ3v) is 5.59. The number of aromatic nitrogens is 1. The van der Waals surface area contributed by atoms with E-state index in [1.807, 2.05) is 24.4 Å². The largest absolute Gasteiger partial charge is 0.360 e. The zero-order valence-electron chi connectivity index (χ0n) is 10.7. The van der Waals surface area contributed by atoms with E-state index in [1.54, 1.807) is 11.3 Å². The smallest absolute Gasteiger partial charge is 0.205 e. The number of H-pyrrole nitrogens is 1. The lowest BCUT2D eigenvalue weighted by Gasteiger charge is -1.97. The molecule has 0 saturated heterocycles. The molecule has 0 radical (unpaired) electrons. The van der Waals surface area contributed by atoms with Crippen LogP contribution in [0.2, 0.25) is 0 Å². The first-order valence-electron chi connectivity index (χ1n) is 6.65.